The summed E-state index contributed by atoms with van der Waals surface area (Å²) in [5, 5.41) is 17.5. The van der Waals surface area contributed by atoms with Gasteiger partial charge in [0.15, 0.2) is 0 Å². The van der Waals surface area contributed by atoms with E-state index in [0.717, 1.165) is 10.9 Å². The molecule has 4 aromatic rings. The van der Waals surface area contributed by atoms with Crippen LogP contribution in [-0.4, -0.2) is 38.3 Å². The second kappa shape index (κ2) is 6.69. The molecule has 0 saturated carbocycles. The van der Waals surface area contributed by atoms with Gasteiger partial charge in [-0.25, -0.2) is 9.97 Å². The van der Waals surface area contributed by atoms with E-state index in [9.17, 15) is 10.0 Å². The number of nitrogens with zero attached hydrogens (tertiary/aromatic N) is 3. The summed E-state index contributed by atoms with van der Waals surface area (Å²) in [4.78, 5) is 24.8. The summed E-state index contributed by atoms with van der Waals surface area (Å²) in [5.41, 5.74) is 8.14. The Hall–Kier alpha value is -3.46. The number of nitrogen functional groups attached to an aromatic ring is 1. The summed E-state index contributed by atoms with van der Waals surface area (Å²) < 4.78 is 0. The van der Waals surface area contributed by atoms with Crippen molar-refractivity contribution in [3.8, 4) is 0 Å². The number of carbonyl (C=O) groups excluding carboxylic acids is 1. The van der Waals surface area contributed by atoms with Gasteiger partial charge < -0.3 is 21.2 Å². The van der Waals surface area contributed by atoms with Crippen LogP contribution in [0.1, 0.15) is 27.9 Å². The average Bonchev–Trinajstić information content (AvgIpc) is 3.28. The van der Waals surface area contributed by atoms with E-state index in [0.29, 0.717) is 32.9 Å². The molecule has 0 radical (unpaired) electrons. The summed E-state index contributed by atoms with van der Waals surface area (Å²) in [6, 6.07) is 9.23. The van der Waals surface area contributed by atoms with E-state index < -0.39 is 0 Å². The molecule has 0 spiro atoms. The van der Waals surface area contributed by atoms with Gasteiger partial charge in [-0.3, -0.25) is 4.79 Å². The topological polar surface area (TPSA) is 129 Å². The van der Waals surface area contributed by atoms with Crippen LogP contribution in [0.25, 0.3) is 21.1 Å². The lowest BCUT2D eigenvalue weighted by Gasteiger charge is -2.07. The standard InChI is InChI=1S/C18H16N6O2S/c1-2-20-16(25)13-8-11-15(22-18(19)23-17(11)27-13)14(24-26)10-3-4-12-9(7-10)5-6-21-12/h3-8,21,26H,2H2,1H3,(H,20,25)(H2,19,22,23)/b24-14-. The number of H-pyrrole nitrogens is 1. The van der Waals surface area contributed by atoms with Crippen molar-refractivity contribution in [2.24, 2.45) is 5.16 Å². The molecule has 8 nitrogen and oxygen atoms in total. The number of nitrogens with two attached hydrogens (primary N) is 1. The molecular weight excluding hydrogens is 364 g/mol. The predicted molar refractivity (Wildman–Crippen MR) is 106 cm³/mol. The molecule has 136 valence electrons. The maximum atomic E-state index is 12.2. The van der Waals surface area contributed by atoms with Crippen LogP contribution < -0.4 is 11.1 Å². The Bertz CT molecular complexity index is 1190. The SMILES string of the molecule is CCNC(=O)c1cc2c(/C(=N\O)c3ccc4[nH]ccc4c3)nc(N)nc2s1. The molecule has 9 heteroatoms. The first kappa shape index (κ1) is 17.0. The number of fused-ring (bicyclic) bond motifs is 2. The molecule has 0 aliphatic heterocycles. The number of aromatic nitrogens is 3. The predicted octanol–water partition coefficient (Wildman–Crippen LogP) is 2.73. The Kier molecular flexibility index (Phi) is 4.21. The third-order valence-corrected chi connectivity index (χ3v) is 5.15. The number of hydrogen-bond donors (Lipinski definition) is 4. The molecule has 4 rings (SSSR count). The average molecular weight is 380 g/mol. The molecule has 3 heterocycles. The molecule has 0 aliphatic carbocycles. The van der Waals surface area contributed by atoms with Crippen LogP contribution in [-0.2, 0) is 0 Å². The van der Waals surface area contributed by atoms with Crippen LogP contribution >= 0.6 is 11.3 Å². The number of hydrogen-bond acceptors (Lipinski definition) is 7. The number of anilines is 1. The van der Waals surface area contributed by atoms with Gasteiger partial charge in [-0.2, -0.15) is 0 Å². The Morgan fingerprint density at radius 2 is 2.19 bits per heavy atom. The van der Waals surface area contributed by atoms with E-state index in [-0.39, 0.29) is 17.6 Å². The normalized spacial score (nSPS) is 12.0. The Labute approximate surface area is 157 Å². The fourth-order valence-corrected chi connectivity index (χ4v) is 3.88. The van der Waals surface area contributed by atoms with E-state index in [1.165, 1.54) is 11.3 Å². The highest BCUT2D eigenvalue weighted by molar-refractivity contribution is 7.20. The number of thiophene rings is 1. The highest BCUT2D eigenvalue weighted by Crippen LogP contribution is 2.29. The third kappa shape index (κ3) is 2.97. The monoisotopic (exact) mass is 380 g/mol. The van der Waals surface area contributed by atoms with Crippen molar-refractivity contribution < 1.29 is 10.0 Å². The van der Waals surface area contributed by atoms with Crippen molar-refractivity contribution in [1.82, 2.24) is 20.3 Å². The first-order valence-corrected chi connectivity index (χ1v) is 9.07. The molecule has 3 aromatic heterocycles. The first-order valence-electron chi connectivity index (χ1n) is 8.26. The van der Waals surface area contributed by atoms with Gasteiger partial charge in [-0.1, -0.05) is 11.2 Å². The van der Waals surface area contributed by atoms with Crippen molar-refractivity contribution >= 4 is 50.0 Å². The van der Waals surface area contributed by atoms with Crippen LogP contribution in [0.4, 0.5) is 5.95 Å². The zero-order valence-corrected chi connectivity index (χ0v) is 15.2. The van der Waals surface area contributed by atoms with E-state index in [1.807, 2.05) is 37.4 Å². The largest absolute Gasteiger partial charge is 0.410 e. The van der Waals surface area contributed by atoms with Crippen LogP contribution in [0, 0.1) is 0 Å². The summed E-state index contributed by atoms with van der Waals surface area (Å²) >= 11 is 1.22. The number of oxime groups is 1. The lowest BCUT2D eigenvalue weighted by atomic mass is 10.0. The number of nitrogens with one attached hydrogen (secondary N) is 2. The number of amides is 1. The molecule has 0 fully saturated rings. The number of carbonyl (C=O) groups is 1. The van der Waals surface area contributed by atoms with Crippen LogP contribution in [0.3, 0.4) is 0 Å². The summed E-state index contributed by atoms with van der Waals surface area (Å²) in [6.45, 7) is 2.37. The molecule has 1 amide bonds. The summed E-state index contributed by atoms with van der Waals surface area (Å²) in [7, 11) is 0. The van der Waals surface area contributed by atoms with Crippen LogP contribution in [0.15, 0.2) is 41.7 Å². The summed E-state index contributed by atoms with van der Waals surface area (Å²) in [6.07, 6.45) is 1.84. The van der Waals surface area contributed by atoms with E-state index >= 15 is 0 Å². The van der Waals surface area contributed by atoms with Gasteiger partial charge in [-0.15, -0.1) is 11.3 Å². The molecule has 0 bridgehead atoms. The summed E-state index contributed by atoms with van der Waals surface area (Å²) in [5.74, 6) is -0.146. The van der Waals surface area contributed by atoms with E-state index in [4.69, 9.17) is 5.73 Å². The van der Waals surface area contributed by atoms with Crippen molar-refractivity contribution in [1.29, 1.82) is 0 Å². The first-order chi connectivity index (χ1) is 13.1. The van der Waals surface area contributed by atoms with Crippen LogP contribution in [0.2, 0.25) is 0 Å². The molecule has 27 heavy (non-hydrogen) atoms. The maximum Gasteiger partial charge on any atom is 0.261 e. The smallest absolute Gasteiger partial charge is 0.261 e. The van der Waals surface area contributed by atoms with Crippen molar-refractivity contribution in [3.05, 3.63) is 52.7 Å². The lowest BCUT2D eigenvalue weighted by Crippen LogP contribution is -2.21. The third-order valence-electron chi connectivity index (χ3n) is 4.12. The van der Waals surface area contributed by atoms with Gasteiger partial charge >= 0.3 is 0 Å². The Morgan fingerprint density at radius 1 is 1.33 bits per heavy atom. The molecule has 0 atom stereocenters. The fourth-order valence-electron chi connectivity index (χ4n) is 2.92. The highest BCUT2D eigenvalue weighted by Gasteiger charge is 2.20. The molecule has 0 aliphatic rings. The number of rotatable bonds is 4. The van der Waals surface area contributed by atoms with Crippen molar-refractivity contribution in [2.45, 2.75) is 6.92 Å². The van der Waals surface area contributed by atoms with Gasteiger partial charge in [0.2, 0.25) is 5.95 Å². The number of aromatic amines is 1. The molecule has 1 aromatic carbocycles. The second-order valence-corrected chi connectivity index (χ2v) is 6.88. The minimum atomic E-state index is -0.193. The minimum Gasteiger partial charge on any atom is -0.410 e. The van der Waals surface area contributed by atoms with Gasteiger partial charge in [0.25, 0.3) is 5.91 Å². The Morgan fingerprint density at radius 3 is 2.96 bits per heavy atom. The zero-order chi connectivity index (χ0) is 19.0. The fraction of sp³-hybridized carbons (Fsp3) is 0.111. The van der Waals surface area contributed by atoms with Crippen molar-refractivity contribution in [2.75, 3.05) is 12.3 Å². The molecule has 0 saturated heterocycles. The molecular formula is C18H16N6O2S. The minimum absolute atomic E-state index is 0.0469. The Balaban J connectivity index is 1.88. The highest BCUT2D eigenvalue weighted by atomic mass is 32.1. The number of benzene rings is 1. The van der Waals surface area contributed by atoms with Gasteiger partial charge in [0.05, 0.1) is 4.88 Å². The second-order valence-electron chi connectivity index (χ2n) is 5.85. The van der Waals surface area contributed by atoms with Crippen LogP contribution in [0.5, 0.6) is 0 Å². The zero-order valence-electron chi connectivity index (χ0n) is 14.4. The van der Waals surface area contributed by atoms with Gasteiger partial charge in [0.1, 0.15) is 16.2 Å². The van der Waals surface area contributed by atoms with Gasteiger partial charge in [0, 0.05) is 34.6 Å². The van der Waals surface area contributed by atoms with E-state index in [2.05, 4.69) is 25.4 Å². The maximum absolute atomic E-state index is 12.2. The lowest BCUT2D eigenvalue weighted by molar-refractivity contribution is 0.0960. The van der Waals surface area contributed by atoms with E-state index in [1.54, 1.807) is 6.07 Å². The quantitative estimate of drug-likeness (QED) is 0.246. The molecule has 0 unspecified atom stereocenters. The van der Waals surface area contributed by atoms with Gasteiger partial charge in [-0.05, 0) is 31.2 Å². The molecule has 5 N–H and O–H groups in total. The van der Waals surface area contributed by atoms with Crippen molar-refractivity contribution in [3.63, 3.8) is 0 Å².